The molecule has 3 N–H and O–H groups in total. The Hall–Kier alpha value is -1.20. The van der Waals surface area contributed by atoms with Gasteiger partial charge >= 0.3 is 7.62 Å². The molecule has 0 saturated heterocycles. The van der Waals surface area contributed by atoms with Gasteiger partial charge in [-0.25, -0.2) is 0 Å². The van der Waals surface area contributed by atoms with Crippen molar-refractivity contribution >= 4 is 13.3 Å². The number of benzene rings is 1. The molecule has 1 rings (SSSR count). The summed E-state index contributed by atoms with van der Waals surface area (Å²) in [4.78, 5) is 0. The molecular weight excluding hydrogens is 179 g/mol. The van der Waals surface area contributed by atoms with Crippen LogP contribution in [0.25, 0.3) is 0 Å². The summed E-state index contributed by atoms with van der Waals surface area (Å²) in [5.74, 6) is 0.782. The van der Waals surface area contributed by atoms with Crippen LogP contribution in [-0.2, 0) is 4.65 Å². The lowest BCUT2D eigenvalue weighted by Crippen LogP contribution is -2.26. The van der Waals surface area contributed by atoms with Crippen LogP contribution in [0.1, 0.15) is 0 Å². The zero-order valence-electron chi connectivity index (χ0n) is 8.19. The number of hydrogen-bond donors (Lipinski definition) is 2. The van der Waals surface area contributed by atoms with Crippen molar-refractivity contribution in [2.24, 2.45) is 0 Å². The van der Waals surface area contributed by atoms with Crippen molar-refractivity contribution in [3.63, 3.8) is 0 Å². The maximum absolute atomic E-state index is 5.59. The molecule has 1 aromatic carbocycles. The third-order valence-corrected chi connectivity index (χ3v) is 1.57. The number of nitrogens with two attached hydrogens (primary N) is 1. The molecule has 14 heavy (non-hydrogen) atoms. The lowest BCUT2D eigenvalue weighted by Gasteiger charge is -2.06. The van der Waals surface area contributed by atoms with Crippen LogP contribution in [0.4, 0.5) is 5.69 Å². The summed E-state index contributed by atoms with van der Waals surface area (Å²) in [6.45, 7) is 1.27. The van der Waals surface area contributed by atoms with Crippen molar-refractivity contribution in [1.29, 1.82) is 0 Å². The number of hydrogen-bond acceptors (Lipinski definition) is 4. The number of anilines is 1. The van der Waals surface area contributed by atoms with Crippen LogP contribution >= 0.6 is 0 Å². The zero-order chi connectivity index (χ0) is 10.2. The highest BCUT2D eigenvalue weighted by Crippen LogP contribution is 2.13. The molecule has 0 fully saturated rings. The number of nitrogen functional groups attached to an aromatic ring is 1. The quantitative estimate of drug-likeness (QED) is 0.390. The molecule has 1 radical (unpaired) electrons. The third kappa shape index (κ3) is 4.16. The van der Waals surface area contributed by atoms with Gasteiger partial charge in [0, 0.05) is 25.4 Å². The van der Waals surface area contributed by atoms with E-state index in [4.69, 9.17) is 15.1 Å². The Morgan fingerprint density at radius 1 is 1.50 bits per heavy atom. The highest BCUT2D eigenvalue weighted by atomic mass is 16.5. The van der Waals surface area contributed by atoms with Crippen molar-refractivity contribution in [2.75, 3.05) is 26.0 Å². The lowest BCUT2D eigenvalue weighted by atomic mass is 10.3. The average molecular weight is 193 g/mol. The van der Waals surface area contributed by atoms with Crippen molar-refractivity contribution in [3.05, 3.63) is 24.3 Å². The molecule has 0 aliphatic rings. The standard InChI is InChI=1S/C9H14BN2O2/c1-13-10-12-5-6-14-9-4-2-3-8(11)7-9/h2-4,7,12H,5-6,11H2,1H3. The van der Waals surface area contributed by atoms with E-state index in [9.17, 15) is 0 Å². The maximum Gasteiger partial charge on any atom is 0.395 e. The van der Waals surface area contributed by atoms with E-state index in [1.165, 1.54) is 7.62 Å². The van der Waals surface area contributed by atoms with E-state index in [1.54, 1.807) is 13.2 Å². The number of nitrogens with one attached hydrogen (secondary N) is 1. The molecule has 0 aliphatic carbocycles. The fourth-order valence-corrected chi connectivity index (χ4v) is 0.974. The minimum Gasteiger partial charge on any atom is -0.492 e. The Kier molecular flexibility index (Phi) is 4.89. The van der Waals surface area contributed by atoms with Crippen molar-refractivity contribution in [1.82, 2.24) is 5.23 Å². The van der Waals surface area contributed by atoms with Gasteiger partial charge in [-0.05, 0) is 12.1 Å². The van der Waals surface area contributed by atoms with Crippen LogP contribution in [-0.4, -0.2) is 27.9 Å². The second kappa shape index (κ2) is 6.29. The second-order valence-corrected chi connectivity index (χ2v) is 2.73. The fraction of sp³-hybridized carbons (Fsp3) is 0.333. The SMILES string of the molecule is CO[B]NCCOc1cccc(N)c1. The summed E-state index contributed by atoms with van der Waals surface area (Å²) in [6, 6.07) is 7.35. The first kappa shape index (κ1) is 10.9. The largest absolute Gasteiger partial charge is 0.492 e. The monoisotopic (exact) mass is 193 g/mol. The van der Waals surface area contributed by atoms with Crippen LogP contribution in [0, 0.1) is 0 Å². The summed E-state index contributed by atoms with van der Waals surface area (Å²) in [6.07, 6.45) is 0. The zero-order valence-corrected chi connectivity index (χ0v) is 8.19. The first-order valence-electron chi connectivity index (χ1n) is 4.39. The van der Waals surface area contributed by atoms with E-state index >= 15 is 0 Å². The molecule has 75 valence electrons. The van der Waals surface area contributed by atoms with Gasteiger partial charge in [0.15, 0.2) is 0 Å². The molecule has 5 heteroatoms. The second-order valence-electron chi connectivity index (χ2n) is 2.73. The Morgan fingerprint density at radius 3 is 3.07 bits per heavy atom. The van der Waals surface area contributed by atoms with E-state index < -0.39 is 0 Å². The number of rotatable bonds is 6. The van der Waals surface area contributed by atoms with Crippen LogP contribution in [0.2, 0.25) is 0 Å². The van der Waals surface area contributed by atoms with Gasteiger partial charge in [0.25, 0.3) is 0 Å². The molecule has 0 bridgehead atoms. The molecule has 0 heterocycles. The normalized spacial score (nSPS) is 9.79. The predicted octanol–water partition coefficient (Wildman–Crippen LogP) is 0.418. The van der Waals surface area contributed by atoms with Gasteiger partial charge in [0.05, 0.1) is 6.61 Å². The molecule has 4 nitrogen and oxygen atoms in total. The smallest absolute Gasteiger partial charge is 0.395 e. The predicted molar refractivity (Wildman–Crippen MR) is 57.1 cm³/mol. The first-order chi connectivity index (χ1) is 6.83. The topological polar surface area (TPSA) is 56.5 Å². The van der Waals surface area contributed by atoms with E-state index in [0.717, 1.165) is 5.75 Å². The van der Waals surface area contributed by atoms with Gasteiger partial charge in [-0.2, -0.15) is 0 Å². The van der Waals surface area contributed by atoms with Gasteiger partial charge in [0.2, 0.25) is 0 Å². The minimum atomic E-state index is 0.573. The molecule has 1 aromatic rings. The molecule has 0 unspecified atom stereocenters. The third-order valence-electron chi connectivity index (χ3n) is 1.57. The summed E-state index contributed by atoms with van der Waals surface area (Å²) < 4.78 is 10.1. The van der Waals surface area contributed by atoms with Gasteiger partial charge in [-0.3, -0.25) is 0 Å². The van der Waals surface area contributed by atoms with Crippen LogP contribution in [0.15, 0.2) is 24.3 Å². The summed E-state index contributed by atoms with van der Waals surface area (Å²) in [5.41, 5.74) is 6.30. The molecule has 0 amide bonds. The molecule has 0 saturated carbocycles. The Labute approximate surface area is 84.7 Å². The van der Waals surface area contributed by atoms with Crippen LogP contribution < -0.4 is 15.7 Å². The van der Waals surface area contributed by atoms with Crippen molar-refractivity contribution in [2.45, 2.75) is 0 Å². The molecule has 0 aliphatic heterocycles. The average Bonchev–Trinajstić information content (AvgIpc) is 2.18. The Balaban J connectivity index is 2.18. The van der Waals surface area contributed by atoms with Gasteiger partial charge < -0.3 is 20.4 Å². The van der Waals surface area contributed by atoms with Crippen molar-refractivity contribution in [3.8, 4) is 5.75 Å². The van der Waals surface area contributed by atoms with Gasteiger partial charge in [0.1, 0.15) is 5.75 Å². The van der Waals surface area contributed by atoms with E-state index in [2.05, 4.69) is 5.23 Å². The Bertz CT molecular complexity index is 271. The van der Waals surface area contributed by atoms with E-state index in [1.807, 2.05) is 18.2 Å². The fourth-order valence-electron chi connectivity index (χ4n) is 0.974. The summed E-state index contributed by atoms with van der Waals surface area (Å²) >= 11 is 0. The van der Waals surface area contributed by atoms with E-state index in [0.29, 0.717) is 18.8 Å². The molecule has 0 atom stereocenters. The van der Waals surface area contributed by atoms with Crippen LogP contribution in [0.3, 0.4) is 0 Å². The van der Waals surface area contributed by atoms with Gasteiger partial charge in [-0.1, -0.05) is 6.07 Å². The Morgan fingerprint density at radius 2 is 2.36 bits per heavy atom. The molecular formula is C9H14BN2O2. The van der Waals surface area contributed by atoms with E-state index in [-0.39, 0.29) is 0 Å². The van der Waals surface area contributed by atoms with Crippen molar-refractivity contribution < 1.29 is 9.39 Å². The summed E-state index contributed by atoms with van der Waals surface area (Å²) in [7, 11) is 3.11. The molecule has 0 aromatic heterocycles. The highest BCUT2D eigenvalue weighted by molar-refractivity contribution is 6.23. The number of ether oxygens (including phenoxy) is 1. The minimum absolute atomic E-state index is 0.573. The lowest BCUT2D eigenvalue weighted by molar-refractivity contribution is 0.319. The molecule has 0 spiro atoms. The van der Waals surface area contributed by atoms with Gasteiger partial charge in [-0.15, -0.1) is 0 Å². The van der Waals surface area contributed by atoms with Crippen LogP contribution in [0.5, 0.6) is 5.75 Å². The highest BCUT2D eigenvalue weighted by Gasteiger charge is 1.94. The maximum atomic E-state index is 5.59. The summed E-state index contributed by atoms with van der Waals surface area (Å²) in [5, 5.41) is 2.92. The first-order valence-corrected chi connectivity index (χ1v) is 4.39.